The van der Waals surface area contributed by atoms with E-state index in [0.717, 1.165) is 36.6 Å². The molecule has 0 bridgehead atoms. The maximum Gasteiger partial charge on any atom is 0.118 e. The Balaban J connectivity index is 1.46. The van der Waals surface area contributed by atoms with Crippen LogP contribution in [0.5, 0.6) is 5.75 Å². The zero-order chi connectivity index (χ0) is 25.5. The molecule has 1 atom stereocenters. The number of benzene rings is 4. The first-order valence-corrected chi connectivity index (χ1v) is 12.9. The molecule has 4 nitrogen and oxygen atoms in total. The number of ether oxygens (including phenoxy) is 2. The van der Waals surface area contributed by atoms with Crippen molar-refractivity contribution in [1.82, 2.24) is 5.32 Å². The van der Waals surface area contributed by atoms with E-state index in [9.17, 15) is 0 Å². The Morgan fingerprint density at radius 3 is 1.86 bits per heavy atom. The van der Waals surface area contributed by atoms with Crippen molar-refractivity contribution >= 4 is 5.69 Å². The molecular weight excluding hydrogens is 456 g/mol. The zero-order valence-corrected chi connectivity index (χ0v) is 21.5. The maximum absolute atomic E-state index is 5.48. The second-order valence-electron chi connectivity index (χ2n) is 9.34. The molecule has 0 aromatic heterocycles. The van der Waals surface area contributed by atoms with Crippen molar-refractivity contribution in [3.8, 4) is 5.75 Å². The first kappa shape index (κ1) is 24.7. The van der Waals surface area contributed by atoms with Crippen molar-refractivity contribution in [2.24, 2.45) is 0 Å². The molecule has 1 unspecified atom stereocenters. The third-order valence-electron chi connectivity index (χ3n) is 7.08. The molecule has 0 saturated heterocycles. The predicted molar refractivity (Wildman–Crippen MR) is 151 cm³/mol. The second-order valence-corrected chi connectivity index (χ2v) is 9.34. The maximum atomic E-state index is 5.48. The molecule has 0 fully saturated rings. The van der Waals surface area contributed by atoms with Crippen molar-refractivity contribution in [1.29, 1.82) is 0 Å². The molecule has 0 spiro atoms. The quantitative estimate of drug-likeness (QED) is 0.232. The number of hydrogen-bond acceptors (Lipinski definition) is 4. The summed E-state index contributed by atoms with van der Waals surface area (Å²) in [5, 5.41) is 7.48. The Kier molecular flexibility index (Phi) is 7.87. The monoisotopic (exact) mass is 490 g/mol. The number of anilines is 1. The number of rotatable bonds is 11. The van der Waals surface area contributed by atoms with E-state index in [4.69, 9.17) is 9.47 Å². The molecule has 4 aromatic rings. The summed E-state index contributed by atoms with van der Waals surface area (Å²) in [4.78, 5) is 0. The van der Waals surface area contributed by atoms with Crippen LogP contribution in [0.4, 0.5) is 5.69 Å². The molecule has 1 aliphatic rings. The molecule has 5 rings (SSSR count). The molecule has 4 aromatic carbocycles. The van der Waals surface area contributed by atoms with Crippen LogP contribution in [0.2, 0.25) is 0 Å². The lowest BCUT2D eigenvalue weighted by Crippen LogP contribution is -2.28. The molecule has 1 aliphatic carbocycles. The number of hydrogen-bond donors (Lipinski definition) is 2. The van der Waals surface area contributed by atoms with Crippen LogP contribution >= 0.6 is 0 Å². The van der Waals surface area contributed by atoms with E-state index in [2.05, 4.69) is 108 Å². The van der Waals surface area contributed by atoms with E-state index in [1.165, 1.54) is 28.0 Å². The fraction of sp³-hybridized carbons (Fsp3) is 0.212. The van der Waals surface area contributed by atoms with E-state index in [0.29, 0.717) is 0 Å². The highest BCUT2D eigenvalue weighted by molar-refractivity contribution is 5.53. The lowest BCUT2D eigenvalue weighted by atomic mass is 9.90. The van der Waals surface area contributed by atoms with Gasteiger partial charge in [0.15, 0.2) is 0 Å². The largest absolute Gasteiger partial charge is 0.499 e. The summed E-state index contributed by atoms with van der Waals surface area (Å²) in [6.45, 7) is 0.793. The highest BCUT2D eigenvalue weighted by Gasteiger charge is 2.21. The Bertz CT molecular complexity index is 1280. The Morgan fingerprint density at radius 1 is 0.649 bits per heavy atom. The standard InChI is InChI=1S/C33H34N2O2/c1-36-29-18-16-26(17-19-29)33(27-14-9-15-28(22-27)35-31-20-21-32(31)37-2)34-23-30(24-10-5-3-6-11-24)25-12-7-4-8-13-25/h3-19,22,30,33-35H,20-21,23H2,1-2H3. The van der Waals surface area contributed by atoms with Gasteiger partial charge in [0, 0.05) is 24.6 Å². The summed E-state index contributed by atoms with van der Waals surface area (Å²) in [5.74, 6) is 2.13. The first-order chi connectivity index (χ1) is 18.2. The number of methoxy groups -OCH3 is 2. The van der Waals surface area contributed by atoms with Crippen LogP contribution in [0.1, 0.15) is 47.1 Å². The van der Waals surface area contributed by atoms with E-state index < -0.39 is 0 Å². The van der Waals surface area contributed by atoms with Gasteiger partial charge in [0.05, 0.1) is 26.0 Å². The van der Waals surface area contributed by atoms with Gasteiger partial charge in [0.2, 0.25) is 0 Å². The van der Waals surface area contributed by atoms with Crippen molar-refractivity contribution < 1.29 is 9.47 Å². The topological polar surface area (TPSA) is 42.5 Å². The minimum absolute atomic E-state index is 0.0137. The van der Waals surface area contributed by atoms with E-state index in [1.54, 1.807) is 14.2 Å². The van der Waals surface area contributed by atoms with Crippen LogP contribution in [0.3, 0.4) is 0 Å². The van der Waals surface area contributed by atoms with Gasteiger partial charge in [-0.2, -0.15) is 0 Å². The normalized spacial score (nSPS) is 13.7. The van der Waals surface area contributed by atoms with Crippen molar-refractivity contribution in [3.63, 3.8) is 0 Å². The SMILES string of the molecule is COC1=C(Nc2cccc(C(NCC(c3ccccc3)c3ccccc3)c3ccc(OC)cc3)c2)CC1. The molecule has 0 saturated carbocycles. The van der Waals surface area contributed by atoms with Gasteiger partial charge in [-0.25, -0.2) is 0 Å². The van der Waals surface area contributed by atoms with Crippen LogP contribution in [0.25, 0.3) is 0 Å². The average molecular weight is 491 g/mol. The van der Waals surface area contributed by atoms with Crippen LogP contribution in [0, 0.1) is 0 Å². The fourth-order valence-electron chi connectivity index (χ4n) is 4.94. The summed E-state index contributed by atoms with van der Waals surface area (Å²) in [6.07, 6.45) is 2.01. The zero-order valence-electron chi connectivity index (χ0n) is 21.5. The summed E-state index contributed by atoms with van der Waals surface area (Å²) >= 11 is 0. The summed E-state index contributed by atoms with van der Waals surface area (Å²) in [5.41, 5.74) is 7.24. The second kappa shape index (κ2) is 11.8. The molecule has 0 aliphatic heterocycles. The molecule has 0 radical (unpaired) electrons. The summed E-state index contributed by atoms with van der Waals surface area (Å²) in [7, 11) is 3.44. The van der Waals surface area contributed by atoms with Crippen LogP contribution in [-0.2, 0) is 4.74 Å². The first-order valence-electron chi connectivity index (χ1n) is 12.9. The summed E-state index contributed by atoms with van der Waals surface area (Å²) in [6, 6.07) is 38.5. The lowest BCUT2D eigenvalue weighted by molar-refractivity contribution is 0.253. The Morgan fingerprint density at radius 2 is 1.30 bits per heavy atom. The minimum Gasteiger partial charge on any atom is -0.499 e. The van der Waals surface area contributed by atoms with Crippen LogP contribution < -0.4 is 15.4 Å². The third kappa shape index (κ3) is 5.87. The summed E-state index contributed by atoms with van der Waals surface area (Å²) < 4.78 is 10.9. The van der Waals surface area contributed by atoms with Crippen molar-refractivity contribution in [2.75, 3.05) is 26.1 Å². The van der Waals surface area contributed by atoms with E-state index in [1.807, 2.05) is 12.1 Å². The Labute approximate surface area is 220 Å². The highest BCUT2D eigenvalue weighted by Crippen LogP contribution is 2.32. The van der Waals surface area contributed by atoms with Gasteiger partial charge in [-0.3, -0.25) is 0 Å². The number of allylic oxidation sites excluding steroid dienone is 2. The van der Waals surface area contributed by atoms with Gasteiger partial charge < -0.3 is 20.1 Å². The molecule has 4 heteroatoms. The Hall–Kier alpha value is -4.02. The molecule has 2 N–H and O–H groups in total. The fourth-order valence-corrected chi connectivity index (χ4v) is 4.94. The average Bonchev–Trinajstić information content (AvgIpc) is 2.95. The highest BCUT2D eigenvalue weighted by atomic mass is 16.5. The minimum atomic E-state index is 0.0137. The molecule has 0 amide bonds. The van der Waals surface area contributed by atoms with Gasteiger partial charge >= 0.3 is 0 Å². The smallest absolute Gasteiger partial charge is 0.118 e. The lowest BCUT2D eigenvalue weighted by Gasteiger charge is -2.26. The third-order valence-corrected chi connectivity index (χ3v) is 7.08. The van der Waals surface area contributed by atoms with Crippen LogP contribution in [-0.4, -0.2) is 20.8 Å². The van der Waals surface area contributed by atoms with Crippen molar-refractivity contribution in [2.45, 2.75) is 24.8 Å². The predicted octanol–water partition coefficient (Wildman–Crippen LogP) is 7.27. The van der Waals surface area contributed by atoms with Gasteiger partial charge in [0.25, 0.3) is 0 Å². The molecule has 188 valence electrons. The van der Waals surface area contributed by atoms with Crippen LogP contribution in [0.15, 0.2) is 121 Å². The van der Waals surface area contributed by atoms with E-state index >= 15 is 0 Å². The molecular formula is C33H34N2O2. The molecule has 37 heavy (non-hydrogen) atoms. The number of nitrogens with one attached hydrogen (secondary N) is 2. The van der Waals surface area contributed by atoms with E-state index in [-0.39, 0.29) is 12.0 Å². The molecule has 0 heterocycles. The van der Waals surface area contributed by atoms with Gasteiger partial charge in [0.1, 0.15) is 11.5 Å². The van der Waals surface area contributed by atoms with Gasteiger partial charge in [-0.15, -0.1) is 0 Å². The van der Waals surface area contributed by atoms with Gasteiger partial charge in [-0.1, -0.05) is 84.9 Å². The van der Waals surface area contributed by atoms with Crippen molar-refractivity contribution in [3.05, 3.63) is 143 Å². The van der Waals surface area contributed by atoms with Gasteiger partial charge in [-0.05, 0) is 52.9 Å².